The molecule has 0 aliphatic carbocycles. The Morgan fingerprint density at radius 3 is 2.23 bits per heavy atom. The molecule has 200 valence electrons. The van der Waals surface area contributed by atoms with Gasteiger partial charge in [-0.2, -0.15) is 4.98 Å². The Morgan fingerprint density at radius 1 is 0.872 bits per heavy atom. The van der Waals surface area contributed by atoms with E-state index in [0.29, 0.717) is 24.8 Å². The maximum atomic E-state index is 13.7. The monoisotopic (exact) mass is 543 g/mol. The molecule has 0 unspecified atom stereocenters. The third-order valence-corrected chi connectivity index (χ3v) is 7.20. The van der Waals surface area contributed by atoms with Crippen molar-refractivity contribution in [1.29, 1.82) is 0 Å². The second-order valence-electron chi connectivity index (χ2n) is 8.91. The number of methoxy groups -OCH3 is 1. The minimum atomic E-state index is -0.616. The fourth-order valence-electron chi connectivity index (χ4n) is 4.38. The van der Waals surface area contributed by atoms with Crippen LogP contribution in [0.5, 0.6) is 5.75 Å². The second kappa shape index (κ2) is 11.5. The van der Waals surface area contributed by atoms with Crippen molar-refractivity contribution in [2.45, 2.75) is 24.5 Å². The number of thioether (sulfide) groups is 1. The molecule has 0 aliphatic rings. The summed E-state index contributed by atoms with van der Waals surface area (Å²) >= 11 is 1.63. The Labute approximate surface area is 229 Å². The summed E-state index contributed by atoms with van der Waals surface area (Å²) in [6.45, 7) is 1.19. The van der Waals surface area contributed by atoms with Crippen LogP contribution in [-0.2, 0) is 19.6 Å². The molecule has 3 aromatic carbocycles. The van der Waals surface area contributed by atoms with E-state index >= 15 is 0 Å². The fraction of sp³-hybridized carbons (Fsp3) is 0.214. The average molecular weight is 544 g/mol. The smallest absolute Gasteiger partial charge is 0.355 e. The number of nitrogens with one attached hydrogen (secondary N) is 1. The summed E-state index contributed by atoms with van der Waals surface area (Å²) in [5.74, 6) is 1.30. The number of nitrogen functional groups attached to an aromatic ring is 1. The van der Waals surface area contributed by atoms with Crippen LogP contribution in [0.15, 0.2) is 87.3 Å². The van der Waals surface area contributed by atoms with E-state index in [2.05, 4.69) is 15.3 Å². The number of imidazole rings is 1. The van der Waals surface area contributed by atoms with Crippen LogP contribution in [-0.4, -0.2) is 43.6 Å². The van der Waals surface area contributed by atoms with Crippen LogP contribution in [0.1, 0.15) is 11.1 Å². The van der Waals surface area contributed by atoms with Gasteiger partial charge in [0.25, 0.3) is 0 Å². The van der Waals surface area contributed by atoms with Crippen molar-refractivity contribution in [3.05, 3.63) is 105 Å². The van der Waals surface area contributed by atoms with Crippen LogP contribution < -0.4 is 27.2 Å². The number of benzene rings is 3. The summed E-state index contributed by atoms with van der Waals surface area (Å²) < 4.78 is 9.78. The predicted octanol–water partition coefficient (Wildman–Crippen LogP) is 3.28. The summed E-state index contributed by atoms with van der Waals surface area (Å²) in [6.07, 6.45) is 2.00. The first-order chi connectivity index (χ1) is 19.0. The van der Waals surface area contributed by atoms with Crippen molar-refractivity contribution in [1.82, 2.24) is 23.7 Å². The van der Waals surface area contributed by atoms with Gasteiger partial charge < -0.3 is 20.4 Å². The topological polar surface area (TPSA) is 122 Å². The maximum Gasteiger partial charge on any atom is 0.355 e. The van der Waals surface area contributed by atoms with Gasteiger partial charge >= 0.3 is 11.4 Å². The molecule has 0 atom stereocenters. The largest absolute Gasteiger partial charge is 0.497 e. The highest BCUT2D eigenvalue weighted by Crippen LogP contribution is 2.18. The number of para-hydroxylation sites is 2. The molecule has 0 aliphatic heterocycles. The Morgan fingerprint density at radius 2 is 1.54 bits per heavy atom. The zero-order chi connectivity index (χ0) is 27.4. The number of hydrogen-bond acceptors (Lipinski definition) is 8. The van der Waals surface area contributed by atoms with Gasteiger partial charge in [0.1, 0.15) is 5.75 Å². The minimum Gasteiger partial charge on any atom is -0.497 e. The first kappa shape index (κ1) is 26.1. The standard InChI is InChI=1S/C28H29N7O3S/c1-38-21-11-7-19(8-12-21)17-34-26(30-15-16-33-24-6-4-3-5-23(24)31-25(33)29)32-27(36)35(28(34)37)18-20-9-13-22(39-2)14-10-20/h3-14H,15-18H2,1-2H3,(H2,29,31)(H,30,32,36). The Hall–Kier alpha value is -4.51. The third kappa shape index (κ3) is 5.68. The van der Waals surface area contributed by atoms with Gasteiger partial charge in [-0.25, -0.2) is 19.1 Å². The van der Waals surface area contributed by atoms with Gasteiger partial charge in [-0.15, -0.1) is 11.8 Å². The van der Waals surface area contributed by atoms with Crippen LogP contribution in [0, 0.1) is 0 Å². The first-order valence-corrected chi connectivity index (χ1v) is 13.6. The highest BCUT2D eigenvalue weighted by Gasteiger charge is 2.15. The molecule has 0 radical (unpaired) electrons. The van der Waals surface area contributed by atoms with Gasteiger partial charge in [0.05, 0.1) is 31.2 Å². The van der Waals surface area contributed by atoms with Crippen LogP contribution in [0.3, 0.4) is 0 Å². The quantitative estimate of drug-likeness (QED) is 0.258. The summed E-state index contributed by atoms with van der Waals surface area (Å²) in [5.41, 5.74) is 8.48. The molecule has 11 heteroatoms. The van der Waals surface area contributed by atoms with Crippen molar-refractivity contribution in [2.24, 2.45) is 0 Å². The van der Waals surface area contributed by atoms with Crippen molar-refractivity contribution < 1.29 is 4.74 Å². The van der Waals surface area contributed by atoms with Gasteiger partial charge in [0.15, 0.2) is 0 Å². The van der Waals surface area contributed by atoms with Gasteiger partial charge in [0.2, 0.25) is 11.9 Å². The molecule has 39 heavy (non-hydrogen) atoms. The van der Waals surface area contributed by atoms with Gasteiger partial charge in [0, 0.05) is 18.0 Å². The number of rotatable bonds is 10. The van der Waals surface area contributed by atoms with Gasteiger partial charge in [-0.3, -0.25) is 4.57 Å². The van der Waals surface area contributed by atoms with E-state index in [0.717, 1.165) is 31.6 Å². The van der Waals surface area contributed by atoms with Crippen molar-refractivity contribution in [2.75, 3.05) is 31.0 Å². The number of nitrogens with two attached hydrogens (primary N) is 1. The number of aromatic nitrogens is 5. The molecule has 0 saturated heterocycles. The molecule has 0 spiro atoms. The van der Waals surface area contributed by atoms with Crippen molar-refractivity contribution in [3.8, 4) is 5.75 Å². The summed E-state index contributed by atoms with van der Waals surface area (Å²) in [4.78, 5) is 36.5. The highest BCUT2D eigenvalue weighted by molar-refractivity contribution is 7.98. The molecule has 2 aromatic heterocycles. The van der Waals surface area contributed by atoms with E-state index in [9.17, 15) is 9.59 Å². The first-order valence-electron chi connectivity index (χ1n) is 12.4. The van der Waals surface area contributed by atoms with Crippen molar-refractivity contribution in [3.63, 3.8) is 0 Å². The van der Waals surface area contributed by atoms with E-state index in [1.807, 2.05) is 83.6 Å². The number of hydrogen-bond donors (Lipinski definition) is 2. The van der Waals surface area contributed by atoms with Crippen LogP contribution in [0.4, 0.5) is 11.9 Å². The van der Waals surface area contributed by atoms with Crippen LogP contribution in [0.25, 0.3) is 11.0 Å². The normalized spacial score (nSPS) is 11.1. The molecule has 3 N–H and O–H groups in total. The average Bonchev–Trinajstić information content (AvgIpc) is 3.28. The van der Waals surface area contributed by atoms with E-state index < -0.39 is 11.4 Å². The Bertz CT molecular complexity index is 1710. The Balaban J connectivity index is 1.46. The van der Waals surface area contributed by atoms with E-state index in [1.165, 1.54) is 4.57 Å². The van der Waals surface area contributed by atoms with Gasteiger partial charge in [-0.1, -0.05) is 36.4 Å². The molecule has 0 amide bonds. The SMILES string of the molecule is COc1ccc(Cn2c(NCCn3c(N)nc4ccccc43)nc(=O)n(Cc3ccc(SC)cc3)c2=O)cc1. The second-order valence-corrected chi connectivity index (χ2v) is 9.79. The molecule has 0 fully saturated rings. The minimum absolute atomic E-state index is 0.125. The molecular weight excluding hydrogens is 514 g/mol. The number of fused-ring (bicyclic) bond motifs is 1. The molecule has 0 bridgehead atoms. The summed E-state index contributed by atoms with van der Waals surface area (Å²) in [7, 11) is 1.60. The number of anilines is 2. The predicted molar refractivity (Wildman–Crippen MR) is 155 cm³/mol. The van der Waals surface area contributed by atoms with Crippen LogP contribution in [0.2, 0.25) is 0 Å². The molecule has 2 heterocycles. The molecule has 5 aromatic rings. The molecular formula is C28H29N7O3S. The number of ether oxygens (including phenoxy) is 1. The molecule has 0 saturated carbocycles. The summed E-state index contributed by atoms with van der Waals surface area (Å²) in [5, 5.41) is 3.18. The highest BCUT2D eigenvalue weighted by atomic mass is 32.2. The van der Waals surface area contributed by atoms with Crippen molar-refractivity contribution >= 4 is 34.7 Å². The lowest BCUT2D eigenvalue weighted by Gasteiger charge is -2.16. The van der Waals surface area contributed by atoms with E-state index in [-0.39, 0.29) is 19.0 Å². The molecule has 5 rings (SSSR count). The lowest BCUT2D eigenvalue weighted by Crippen LogP contribution is -2.43. The Kier molecular flexibility index (Phi) is 7.69. The lowest BCUT2D eigenvalue weighted by atomic mass is 10.2. The third-order valence-electron chi connectivity index (χ3n) is 6.45. The lowest BCUT2D eigenvalue weighted by molar-refractivity contribution is 0.414. The zero-order valence-corrected chi connectivity index (χ0v) is 22.5. The zero-order valence-electron chi connectivity index (χ0n) is 21.7. The van der Waals surface area contributed by atoms with Gasteiger partial charge in [-0.05, 0) is 53.8 Å². The molecule has 10 nitrogen and oxygen atoms in total. The van der Waals surface area contributed by atoms with E-state index in [1.54, 1.807) is 18.9 Å². The van der Waals surface area contributed by atoms with E-state index in [4.69, 9.17) is 10.5 Å². The van der Waals surface area contributed by atoms with Crippen LogP contribution >= 0.6 is 11.8 Å². The maximum absolute atomic E-state index is 13.7. The summed E-state index contributed by atoms with van der Waals surface area (Å²) in [6, 6.07) is 22.9. The number of nitrogens with zero attached hydrogens (tertiary/aromatic N) is 5. The fourth-order valence-corrected chi connectivity index (χ4v) is 4.79.